The lowest BCUT2D eigenvalue weighted by atomic mass is 10.2. The molecule has 1 saturated heterocycles. The van der Waals surface area contributed by atoms with Crippen LogP contribution in [0.25, 0.3) is 0 Å². The Hall–Kier alpha value is -0.750. The van der Waals surface area contributed by atoms with Gasteiger partial charge in [0, 0.05) is 17.9 Å². The molecule has 0 saturated carbocycles. The first kappa shape index (κ1) is 11.7. The zero-order valence-corrected chi connectivity index (χ0v) is 10.5. The van der Waals surface area contributed by atoms with Crippen LogP contribution in [0.5, 0.6) is 0 Å². The van der Waals surface area contributed by atoms with Gasteiger partial charge in [-0.1, -0.05) is 11.8 Å². The zero-order chi connectivity index (χ0) is 11.5. The van der Waals surface area contributed by atoms with E-state index < -0.39 is 0 Å². The highest BCUT2D eigenvalue weighted by atomic mass is 32.2. The summed E-state index contributed by atoms with van der Waals surface area (Å²) < 4.78 is 7.42. The molecular formula is C10H18N4OS. The largest absolute Gasteiger partial charge is 0.380 e. The number of nitrogens with zero attached hydrogens (tertiary/aromatic N) is 3. The number of nitrogens with two attached hydrogens (primary N) is 1. The summed E-state index contributed by atoms with van der Waals surface area (Å²) in [7, 11) is 0. The van der Waals surface area contributed by atoms with Crippen molar-refractivity contribution >= 4 is 17.7 Å². The molecule has 0 aromatic carbocycles. The molecular weight excluding hydrogens is 224 g/mol. The van der Waals surface area contributed by atoms with Gasteiger partial charge in [0.05, 0.1) is 6.61 Å². The lowest BCUT2D eigenvalue weighted by molar-refractivity contribution is 0.101. The first-order valence-electron chi connectivity index (χ1n) is 5.63. The fourth-order valence-electron chi connectivity index (χ4n) is 1.81. The Morgan fingerprint density at radius 1 is 1.50 bits per heavy atom. The second-order valence-electron chi connectivity index (χ2n) is 4.26. The maximum Gasteiger partial charge on any atom is 0.222 e. The average molecular weight is 242 g/mol. The van der Waals surface area contributed by atoms with Gasteiger partial charge in [0.1, 0.15) is 0 Å². The van der Waals surface area contributed by atoms with E-state index in [-0.39, 0.29) is 0 Å². The second-order valence-corrected chi connectivity index (χ2v) is 5.53. The predicted octanol–water partition coefficient (Wildman–Crippen LogP) is 1.71. The van der Waals surface area contributed by atoms with Crippen LogP contribution in [-0.4, -0.2) is 33.2 Å². The summed E-state index contributed by atoms with van der Waals surface area (Å²) in [6.07, 6.45) is 2.30. The van der Waals surface area contributed by atoms with Gasteiger partial charge in [0.25, 0.3) is 0 Å². The number of rotatable bonds is 3. The molecule has 2 rings (SSSR count). The standard InChI is InChI=1S/C10H18N4OS/c1-7(2)14-9(11)12-13-10(14)16-8-4-3-5-15-6-8/h7-8H,3-6H2,1-2H3,(H2,11,12). The molecule has 0 radical (unpaired) electrons. The molecule has 1 aliphatic heterocycles. The van der Waals surface area contributed by atoms with Gasteiger partial charge in [0.2, 0.25) is 5.95 Å². The third kappa shape index (κ3) is 2.49. The Morgan fingerprint density at radius 3 is 2.94 bits per heavy atom. The lowest BCUT2D eigenvalue weighted by Crippen LogP contribution is -2.20. The summed E-state index contributed by atoms with van der Waals surface area (Å²) in [5.74, 6) is 0.495. The molecule has 1 aliphatic rings. The number of nitrogen functional groups attached to an aromatic ring is 1. The maximum atomic E-state index is 5.79. The second kappa shape index (κ2) is 5.05. The number of ether oxygens (including phenoxy) is 1. The molecule has 0 aliphatic carbocycles. The third-order valence-corrected chi connectivity index (χ3v) is 3.79. The monoisotopic (exact) mass is 242 g/mol. The minimum atomic E-state index is 0.294. The van der Waals surface area contributed by atoms with Crippen LogP contribution in [-0.2, 0) is 4.74 Å². The van der Waals surface area contributed by atoms with E-state index >= 15 is 0 Å². The molecule has 1 fully saturated rings. The van der Waals surface area contributed by atoms with Crippen LogP contribution in [0.4, 0.5) is 5.95 Å². The van der Waals surface area contributed by atoms with Crippen molar-refractivity contribution in [2.24, 2.45) is 0 Å². The van der Waals surface area contributed by atoms with E-state index in [0.717, 1.165) is 24.8 Å². The highest BCUT2D eigenvalue weighted by Gasteiger charge is 2.20. The van der Waals surface area contributed by atoms with Gasteiger partial charge in [-0.15, -0.1) is 10.2 Å². The van der Waals surface area contributed by atoms with Crippen LogP contribution in [0.1, 0.15) is 32.7 Å². The van der Waals surface area contributed by atoms with E-state index in [1.54, 1.807) is 11.8 Å². The highest BCUT2D eigenvalue weighted by Crippen LogP contribution is 2.30. The fourth-order valence-corrected chi connectivity index (χ4v) is 3.06. The Bertz CT molecular complexity index is 347. The van der Waals surface area contributed by atoms with Crippen LogP contribution in [0.15, 0.2) is 5.16 Å². The van der Waals surface area contributed by atoms with Gasteiger partial charge in [-0.25, -0.2) is 0 Å². The number of anilines is 1. The Balaban J connectivity index is 2.08. The SMILES string of the molecule is CC(C)n1c(N)nnc1SC1CCCOC1. The van der Waals surface area contributed by atoms with Crippen molar-refractivity contribution in [1.82, 2.24) is 14.8 Å². The van der Waals surface area contributed by atoms with Crippen molar-refractivity contribution in [3.8, 4) is 0 Å². The van der Waals surface area contributed by atoms with Crippen LogP contribution >= 0.6 is 11.8 Å². The maximum absolute atomic E-state index is 5.79. The molecule has 90 valence electrons. The number of hydrogen-bond acceptors (Lipinski definition) is 5. The molecule has 0 amide bonds. The van der Waals surface area contributed by atoms with Gasteiger partial charge in [0.15, 0.2) is 5.16 Å². The minimum Gasteiger partial charge on any atom is -0.380 e. The Morgan fingerprint density at radius 2 is 2.31 bits per heavy atom. The number of aromatic nitrogens is 3. The first-order chi connectivity index (χ1) is 7.68. The van der Waals surface area contributed by atoms with Crippen LogP contribution in [0.2, 0.25) is 0 Å². The van der Waals surface area contributed by atoms with E-state index in [1.165, 1.54) is 6.42 Å². The quantitative estimate of drug-likeness (QED) is 0.874. The van der Waals surface area contributed by atoms with Gasteiger partial charge in [-0.3, -0.25) is 4.57 Å². The molecule has 2 N–H and O–H groups in total. The molecule has 1 aromatic heterocycles. The molecule has 0 spiro atoms. The predicted molar refractivity (Wildman–Crippen MR) is 64.5 cm³/mol. The smallest absolute Gasteiger partial charge is 0.222 e. The normalized spacial score (nSPS) is 21.6. The topological polar surface area (TPSA) is 66.0 Å². The van der Waals surface area contributed by atoms with Crippen molar-refractivity contribution in [2.45, 2.75) is 43.1 Å². The molecule has 1 aromatic rings. The van der Waals surface area contributed by atoms with Gasteiger partial charge in [-0.05, 0) is 26.7 Å². The van der Waals surface area contributed by atoms with Crippen molar-refractivity contribution in [3.63, 3.8) is 0 Å². The molecule has 2 heterocycles. The van der Waals surface area contributed by atoms with Crippen molar-refractivity contribution in [3.05, 3.63) is 0 Å². The molecule has 16 heavy (non-hydrogen) atoms. The Labute approximate surface area is 99.7 Å². The van der Waals surface area contributed by atoms with Crippen LogP contribution in [0.3, 0.4) is 0 Å². The van der Waals surface area contributed by atoms with Gasteiger partial charge >= 0.3 is 0 Å². The van der Waals surface area contributed by atoms with Crippen molar-refractivity contribution in [2.75, 3.05) is 18.9 Å². The molecule has 0 bridgehead atoms. The highest BCUT2D eigenvalue weighted by molar-refractivity contribution is 7.99. The van der Waals surface area contributed by atoms with Crippen LogP contribution < -0.4 is 5.73 Å². The third-order valence-electron chi connectivity index (χ3n) is 2.60. The molecule has 1 unspecified atom stereocenters. The summed E-state index contributed by atoms with van der Waals surface area (Å²) in [6.45, 7) is 5.86. The summed E-state index contributed by atoms with van der Waals surface area (Å²) in [5.41, 5.74) is 5.79. The van der Waals surface area contributed by atoms with Gasteiger partial charge in [-0.2, -0.15) is 0 Å². The van der Waals surface area contributed by atoms with Gasteiger partial charge < -0.3 is 10.5 Å². The molecule has 6 heteroatoms. The number of thioether (sulfide) groups is 1. The number of hydrogen-bond donors (Lipinski definition) is 1. The average Bonchev–Trinajstić information content (AvgIpc) is 2.61. The fraction of sp³-hybridized carbons (Fsp3) is 0.800. The summed E-state index contributed by atoms with van der Waals surface area (Å²) in [4.78, 5) is 0. The van der Waals surface area contributed by atoms with E-state index in [0.29, 0.717) is 17.2 Å². The zero-order valence-electron chi connectivity index (χ0n) is 9.72. The lowest BCUT2D eigenvalue weighted by Gasteiger charge is -2.21. The summed E-state index contributed by atoms with van der Waals surface area (Å²) in [5, 5.41) is 9.45. The van der Waals surface area contributed by atoms with E-state index in [4.69, 9.17) is 10.5 Å². The van der Waals surface area contributed by atoms with E-state index in [9.17, 15) is 0 Å². The minimum absolute atomic E-state index is 0.294. The molecule has 5 nitrogen and oxygen atoms in total. The Kier molecular flexibility index (Phi) is 3.70. The first-order valence-corrected chi connectivity index (χ1v) is 6.51. The van der Waals surface area contributed by atoms with Crippen molar-refractivity contribution in [1.29, 1.82) is 0 Å². The van der Waals surface area contributed by atoms with E-state index in [1.807, 2.05) is 4.57 Å². The summed E-state index contributed by atoms with van der Waals surface area (Å²) >= 11 is 1.72. The van der Waals surface area contributed by atoms with E-state index in [2.05, 4.69) is 24.0 Å². The molecule has 1 atom stereocenters. The summed E-state index contributed by atoms with van der Waals surface area (Å²) in [6, 6.07) is 0.294. The van der Waals surface area contributed by atoms with Crippen LogP contribution in [0, 0.1) is 0 Å². The van der Waals surface area contributed by atoms with Crippen molar-refractivity contribution < 1.29 is 4.74 Å².